The van der Waals surface area contributed by atoms with Crippen LogP contribution in [0.2, 0.25) is 5.02 Å². The lowest BCUT2D eigenvalue weighted by Gasteiger charge is -2.21. The highest BCUT2D eigenvalue weighted by Gasteiger charge is 2.33. The molecule has 2 aromatic rings. The summed E-state index contributed by atoms with van der Waals surface area (Å²) in [5.41, 5.74) is 2.20. The second-order valence-corrected chi connectivity index (χ2v) is 8.00. The van der Waals surface area contributed by atoms with Crippen LogP contribution in [0.4, 0.5) is 0 Å². The van der Waals surface area contributed by atoms with E-state index in [1.165, 1.54) is 0 Å². The maximum Gasteiger partial charge on any atom is 0.228 e. The molecule has 1 aliphatic rings. The van der Waals surface area contributed by atoms with Gasteiger partial charge in [0.2, 0.25) is 5.78 Å². The van der Waals surface area contributed by atoms with E-state index < -0.39 is 0 Å². The second kappa shape index (κ2) is 10.0. The van der Waals surface area contributed by atoms with Gasteiger partial charge in [0.25, 0.3) is 0 Å². The highest BCUT2D eigenvalue weighted by molar-refractivity contribution is 9.09. The Morgan fingerprint density at radius 2 is 1.46 bits per heavy atom. The van der Waals surface area contributed by atoms with Gasteiger partial charge in [0.1, 0.15) is 0 Å². The third-order valence-corrected chi connectivity index (χ3v) is 5.55. The Morgan fingerprint density at radius 3 is 2.14 bits per heavy atom. The number of hydrogen-bond donors (Lipinski definition) is 0. The van der Waals surface area contributed by atoms with Crippen LogP contribution in [-0.2, 0) is 11.2 Å². The maximum absolute atomic E-state index is 13.1. The third-order valence-electron chi connectivity index (χ3n) is 4.74. The minimum Gasteiger partial charge on any atom is -0.489 e. The molecule has 0 heterocycles. The first-order chi connectivity index (χ1) is 13.6. The van der Waals surface area contributed by atoms with Gasteiger partial charge in [-0.05, 0) is 30.5 Å². The molecule has 3 nitrogen and oxygen atoms in total. The van der Waals surface area contributed by atoms with Crippen LogP contribution in [0, 0.1) is 0 Å². The van der Waals surface area contributed by atoms with Crippen LogP contribution < -0.4 is 0 Å². The lowest BCUT2D eigenvalue weighted by atomic mass is 9.85. The Kier molecular flexibility index (Phi) is 7.46. The standard InChI is InChI=1S/C23H22BrClO3/c24-13-5-1-2-6-14-28-23-20(15-16-9-11-17(25)12-10-16)21(26)18-7-3-4-8-19(18)22(23)27/h3-4,7-12H,1-2,5-6,13-15H2. The Labute approximate surface area is 178 Å². The predicted octanol–water partition coefficient (Wildman–Crippen LogP) is 6.19. The molecule has 0 amide bonds. The quantitative estimate of drug-likeness (QED) is 0.330. The van der Waals surface area contributed by atoms with Crippen molar-refractivity contribution < 1.29 is 14.3 Å². The lowest BCUT2D eigenvalue weighted by molar-refractivity contribution is 0.0866. The first-order valence-electron chi connectivity index (χ1n) is 9.46. The molecular formula is C23H22BrClO3. The fourth-order valence-electron chi connectivity index (χ4n) is 3.25. The van der Waals surface area contributed by atoms with Crippen LogP contribution in [-0.4, -0.2) is 23.5 Å². The summed E-state index contributed by atoms with van der Waals surface area (Å²) in [7, 11) is 0. The van der Waals surface area contributed by atoms with E-state index in [-0.39, 0.29) is 17.3 Å². The summed E-state index contributed by atoms with van der Waals surface area (Å²) in [6.45, 7) is 0.433. The molecule has 0 unspecified atom stereocenters. The number of ether oxygens (including phenoxy) is 1. The molecular weight excluding hydrogens is 440 g/mol. The van der Waals surface area contributed by atoms with Gasteiger partial charge in [-0.25, -0.2) is 0 Å². The van der Waals surface area contributed by atoms with Crippen molar-refractivity contribution in [1.82, 2.24) is 0 Å². The number of hydrogen-bond acceptors (Lipinski definition) is 3. The molecule has 0 aliphatic heterocycles. The number of carbonyl (C=O) groups is 2. The normalized spacial score (nSPS) is 13.6. The predicted molar refractivity (Wildman–Crippen MR) is 115 cm³/mol. The van der Waals surface area contributed by atoms with Crippen molar-refractivity contribution in [2.45, 2.75) is 32.1 Å². The zero-order chi connectivity index (χ0) is 19.9. The summed E-state index contributed by atoms with van der Waals surface area (Å²) < 4.78 is 5.88. The second-order valence-electron chi connectivity index (χ2n) is 6.77. The Morgan fingerprint density at radius 1 is 0.821 bits per heavy atom. The highest BCUT2D eigenvalue weighted by atomic mass is 79.9. The third kappa shape index (κ3) is 4.92. The van der Waals surface area contributed by atoms with Gasteiger partial charge in [0.15, 0.2) is 11.5 Å². The monoisotopic (exact) mass is 460 g/mol. The van der Waals surface area contributed by atoms with Crippen LogP contribution in [0.15, 0.2) is 59.9 Å². The number of halogens is 2. The van der Waals surface area contributed by atoms with E-state index in [1.807, 2.05) is 12.1 Å². The van der Waals surface area contributed by atoms with E-state index in [2.05, 4.69) is 15.9 Å². The number of ketones is 2. The van der Waals surface area contributed by atoms with Gasteiger partial charge in [-0.3, -0.25) is 9.59 Å². The van der Waals surface area contributed by atoms with E-state index in [9.17, 15) is 9.59 Å². The Balaban J connectivity index is 1.84. The fraction of sp³-hybridized carbons (Fsp3) is 0.304. The van der Waals surface area contributed by atoms with Gasteiger partial charge >= 0.3 is 0 Å². The number of fused-ring (bicyclic) bond motifs is 1. The first-order valence-corrected chi connectivity index (χ1v) is 11.0. The Bertz CT molecular complexity index is 887. The van der Waals surface area contributed by atoms with E-state index in [0.717, 1.165) is 36.6 Å². The van der Waals surface area contributed by atoms with Gasteiger partial charge in [-0.1, -0.05) is 76.8 Å². The molecule has 0 fully saturated rings. The lowest BCUT2D eigenvalue weighted by Crippen LogP contribution is -2.25. The van der Waals surface area contributed by atoms with Crippen molar-refractivity contribution >= 4 is 39.1 Å². The molecule has 0 saturated carbocycles. The van der Waals surface area contributed by atoms with Crippen LogP contribution in [0.3, 0.4) is 0 Å². The summed E-state index contributed by atoms with van der Waals surface area (Å²) in [4.78, 5) is 26.1. The van der Waals surface area contributed by atoms with E-state index in [4.69, 9.17) is 16.3 Å². The summed E-state index contributed by atoms with van der Waals surface area (Å²) in [5, 5.41) is 1.63. The minimum absolute atomic E-state index is 0.139. The number of carbonyl (C=O) groups excluding carboxylic acids is 2. The minimum atomic E-state index is -0.209. The molecule has 0 saturated heterocycles. The van der Waals surface area contributed by atoms with Gasteiger partial charge in [0, 0.05) is 27.9 Å². The number of rotatable bonds is 9. The van der Waals surface area contributed by atoms with Crippen LogP contribution in [0.25, 0.3) is 0 Å². The number of allylic oxidation sites excluding steroid dienone is 2. The van der Waals surface area contributed by atoms with Gasteiger partial charge in [-0.15, -0.1) is 0 Å². The van der Waals surface area contributed by atoms with Gasteiger partial charge in [-0.2, -0.15) is 0 Å². The Hall–Kier alpha value is -1.91. The van der Waals surface area contributed by atoms with Crippen LogP contribution in [0.1, 0.15) is 52.0 Å². The molecule has 146 valence electrons. The van der Waals surface area contributed by atoms with Crippen molar-refractivity contribution in [3.63, 3.8) is 0 Å². The van der Waals surface area contributed by atoms with Crippen LogP contribution >= 0.6 is 27.5 Å². The molecule has 0 spiro atoms. The number of benzene rings is 2. The zero-order valence-corrected chi connectivity index (χ0v) is 17.9. The molecule has 0 N–H and O–H groups in total. The summed E-state index contributed by atoms with van der Waals surface area (Å²) in [6, 6.07) is 14.2. The molecule has 0 atom stereocenters. The van der Waals surface area contributed by atoms with E-state index in [0.29, 0.717) is 34.8 Å². The summed E-state index contributed by atoms with van der Waals surface area (Å²) in [5.74, 6) is -0.154. The number of unbranched alkanes of at least 4 members (excludes halogenated alkanes) is 3. The molecule has 5 heteroatoms. The molecule has 0 aromatic heterocycles. The van der Waals surface area contributed by atoms with Crippen molar-refractivity contribution in [2.24, 2.45) is 0 Å². The average molecular weight is 462 g/mol. The SMILES string of the molecule is O=C1C(Cc2ccc(Cl)cc2)=C(OCCCCCCBr)C(=O)c2ccccc21. The number of alkyl halides is 1. The van der Waals surface area contributed by atoms with Crippen molar-refractivity contribution in [2.75, 3.05) is 11.9 Å². The number of Topliss-reactive ketones (excluding diaryl/α,β-unsaturated/α-hetero) is 2. The topological polar surface area (TPSA) is 43.4 Å². The summed E-state index contributed by atoms with van der Waals surface area (Å²) >= 11 is 9.39. The molecule has 3 rings (SSSR count). The first kappa shape index (κ1) is 20.8. The largest absolute Gasteiger partial charge is 0.489 e. The highest BCUT2D eigenvalue weighted by Crippen LogP contribution is 2.29. The fourth-order valence-corrected chi connectivity index (χ4v) is 3.77. The van der Waals surface area contributed by atoms with Crippen molar-refractivity contribution in [3.8, 4) is 0 Å². The van der Waals surface area contributed by atoms with E-state index in [1.54, 1.807) is 36.4 Å². The van der Waals surface area contributed by atoms with Crippen molar-refractivity contribution in [1.29, 1.82) is 0 Å². The van der Waals surface area contributed by atoms with Gasteiger partial charge < -0.3 is 4.74 Å². The van der Waals surface area contributed by atoms with E-state index >= 15 is 0 Å². The summed E-state index contributed by atoms with van der Waals surface area (Å²) in [6.07, 6.45) is 4.46. The maximum atomic E-state index is 13.1. The molecule has 1 aliphatic carbocycles. The van der Waals surface area contributed by atoms with Crippen molar-refractivity contribution in [3.05, 3.63) is 81.6 Å². The molecule has 0 radical (unpaired) electrons. The molecule has 0 bridgehead atoms. The molecule has 2 aromatic carbocycles. The zero-order valence-electron chi connectivity index (χ0n) is 15.5. The van der Waals surface area contributed by atoms with Crippen LogP contribution in [0.5, 0.6) is 0 Å². The average Bonchev–Trinajstić information content (AvgIpc) is 2.72. The smallest absolute Gasteiger partial charge is 0.228 e. The van der Waals surface area contributed by atoms with Gasteiger partial charge in [0.05, 0.1) is 12.2 Å². The molecule has 28 heavy (non-hydrogen) atoms.